The molecule has 6 heteroatoms. The van der Waals surface area contributed by atoms with Gasteiger partial charge in [0.05, 0.1) is 25.0 Å². The van der Waals surface area contributed by atoms with E-state index >= 15 is 0 Å². The maximum Gasteiger partial charge on any atom is 0.340 e. The zero-order chi connectivity index (χ0) is 16.0. The summed E-state index contributed by atoms with van der Waals surface area (Å²) in [6, 6.07) is 3.07. The molecule has 0 aliphatic heterocycles. The van der Waals surface area contributed by atoms with Crippen molar-refractivity contribution in [2.75, 3.05) is 33.2 Å². The number of nitrogen functional groups attached to an aromatic ring is 1. The summed E-state index contributed by atoms with van der Waals surface area (Å²) in [6.07, 6.45) is 0. The molecule has 0 aliphatic rings. The SMILES string of the molecule is COCCOc1cc(N)c(C(=O)OC(C)(C)C)cc1OC. The Labute approximate surface area is 125 Å². The van der Waals surface area contributed by atoms with E-state index in [-0.39, 0.29) is 11.3 Å². The van der Waals surface area contributed by atoms with Crippen LogP contribution in [0.5, 0.6) is 11.5 Å². The van der Waals surface area contributed by atoms with Gasteiger partial charge in [-0.1, -0.05) is 0 Å². The molecule has 21 heavy (non-hydrogen) atoms. The molecule has 0 saturated heterocycles. The second-order valence-corrected chi connectivity index (χ2v) is 5.43. The van der Waals surface area contributed by atoms with Gasteiger partial charge in [0, 0.05) is 19.2 Å². The molecule has 0 saturated carbocycles. The quantitative estimate of drug-likeness (QED) is 0.493. The third-order valence-electron chi connectivity index (χ3n) is 2.50. The highest BCUT2D eigenvalue weighted by atomic mass is 16.6. The van der Waals surface area contributed by atoms with E-state index in [4.69, 9.17) is 24.7 Å². The molecule has 0 fully saturated rings. The molecule has 0 amide bonds. The van der Waals surface area contributed by atoms with Gasteiger partial charge < -0.3 is 24.7 Å². The van der Waals surface area contributed by atoms with Gasteiger partial charge in [-0.05, 0) is 20.8 Å². The molecule has 1 aromatic carbocycles. The van der Waals surface area contributed by atoms with Gasteiger partial charge >= 0.3 is 5.97 Å². The van der Waals surface area contributed by atoms with Crippen molar-refractivity contribution in [1.29, 1.82) is 0 Å². The molecule has 0 unspecified atom stereocenters. The van der Waals surface area contributed by atoms with Gasteiger partial charge in [0.1, 0.15) is 12.2 Å². The molecular formula is C15H23NO5. The maximum absolute atomic E-state index is 12.1. The first-order valence-corrected chi connectivity index (χ1v) is 6.61. The van der Waals surface area contributed by atoms with Gasteiger partial charge in [-0.3, -0.25) is 0 Å². The van der Waals surface area contributed by atoms with Crippen molar-refractivity contribution >= 4 is 11.7 Å². The number of methoxy groups -OCH3 is 2. The lowest BCUT2D eigenvalue weighted by Crippen LogP contribution is -2.24. The molecule has 1 rings (SSSR count). The molecule has 0 aromatic heterocycles. The maximum atomic E-state index is 12.1. The minimum Gasteiger partial charge on any atom is -0.493 e. The first-order valence-electron chi connectivity index (χ1n) is 6.61. The molecule has 2 N–H and O–H groups in total. The third kappa shape index (κ3) is 5.15. The molecule has 0 spiro atoms. The number of esters is 1. The van der Waals surface area contributed by atoms with Crippen LogP contribution in [0.3, 0.4) is 0 Å². The van der Waals surface area contributed by atoms with E-state index in [1.54, 1.807) is 33.9 Å². The van der Waals surface area contributed by atoms with Crippen molar-refractivity contribution in [3.8, 4) is 11.5 Å². The fourth-order valence-electron chi connectivity index (χ4n) is 1.59. The van der Waals surface area contributed by atoms with E-state index in [9.17, 15) is 4.79 Å². The van der Waals surface area contributed by atoms with Crippen molar-refractivity contribution in [3.63, 3.8) is 0 Å². The summed E-state index contributed by atoms with van der Waals surface area (Å²) < 4.78 is 20.9. The highest BCUT2D eigenvalue weighted by molar-refractivity contribution is 5.96. The molecule has 0 radical (unpaired) electrons. The van der Waals surface area contributed by atoms with Crippen LogP contribution in [-0.2, 0) is 9.47 Å². The van der Waals surface area contributed by atoms with Crippen LogP contribution in [0.4, 0.5) is 5.69 Å². The number of benzene rings is 1. The van der Waals surface area contributed by atoms with Gasteiger partial charge in [-0.2, -0.15) is 0 Å². The van der Waals surface area contributed by atoms with Gasteiger partial charge in [0.15, 0.2) is 11.5 Å². The predicted octanol–water partition coefficient (Wildman–Crippen LogP) is 2.26. The van der Waals surface area contributed by atoms with E-state index in [1.165, 1.54) is 13.2 Å². The molecular weight excluding hydrogens is 274 g/mol. The van der Waals surface area contributed by atoms with Gasteiger partial charge in [-0.25, -0.2) is 4.79 Å². The van der Waals surface area contributed by atoms with Gasteiger partial charge in [0.2, 0.25) is 0 Å². The molecule has 0 heterocycles. The fourth-order valence-corrected chi connectivity index (χ4v) is 1.59. The number of nitrogens with two attached hydrogens (primary N) is 1. The number of ether oxygens (including phenoxy) is 4. The Morgan fingerprint density at radius 1 is 1.14 bits per heavy atom. The molecule has 118 valence electrons. The zero-order valence-corrected chi connectivity index (χ0v) is 13.2. The Hall–Kier alpha value is -1.95. The number of hydrogen-bond acceptors (Lipinski definition) is 6. The van der Waals surface area contributed by atoms with Gasteiger partial charge in [-0.15, -0.1) is 0 Å². The number of hydrogen-bond donors (Lipinski definition) is 1. The van der Waals surface area contributed by atoms with Crippen LogP contribution in [0.25, 0.3) is 0 Å². The van der Waals surface area contributed by atoms with E-state index in [0.717, 1.165) is 0 Å². The third-order valence-corrected chi connectivity index (χ3v) is 2.50. The normalized spacial score (nSPS) is 11.1. The van der Waals surface area contributed by atoms with Crippen LogP contribution < -0.4 is 15.2 Å². The van der Waals surface area contributed by atoms with Crippen molar-refractivity contribution < 1.29 is 23.7 Å². The monoisotopic (exact) mass is 297 g/mol. The molecule has 0 bridgehead atoms. The van der Waals surface area contributed by atoms with Crippen molar-refractivity contribution in [1.82, 2.24) is 0 Å². The Kier molecular flexibility index (Phi) is 5.84. The lowest BCUT2D eigenvalue weighted by atomic mass is 10.1. The summed E-state index contributed by atoms with van der Waals surface area (Å²) in [7, 11) is 3.08. The molecule has 1 aromatic rings. The van der Waals surface area contributed by atoms with Crippen LogP contribution in [0.1, 0.15) is 31.1 Å². The Morgan fingerprint density at radius 2 is 1.81 bits per heavy atom. The molecule has 0 aliphatic carbocycles. The van der Waals surface area contributed by atoms with E-state index in [1.807, 2.05) is 0 Å². The molecule has 0 atom stereocenters. The Balaban J connectivity index is 3.00. The van der Waals surface area contributed by atoms with Crippen LogP contribution >= 0.6 is 0 Å². The van der Waals surface area contributed by atoms with E-state index in [0.29, 0.717) is 24.7 Å². The Bertz CT molecular complexity index is 494. The summed E-state index contributed by atoms with van der Waals surface area (Å²) >= 11 is 0. The average Bonchev–Trinajstić information content (AvgIpc) is 2.37. The zero-order valence-electron chi connectivity index (χ0n) is 13.2. The number of rotatable bonds is 6. The highest BCUT2D eigenvalue weighted by Crippen LogP contribution is 2.33. The van der Waals surface area contributed by atoms with Gasteiger partial charge in [0.25, 0.3) is 0 Å². The standard InChI is InChI=1S/C15H23NO5/c1-15(2,3)21-14(17)10-8-12(19-5)13(9-11(10)16)20-7-6-18-4/h8-9H,6-7,16H2,1-5H3. The van der Waals surface area contributed by atoms with E-state index < -0.39 is 11.6 Å². The number of carbonyl (C=O) groups excluding carboxylic acids is 1. The molecule has 6 nitrogen and oxygen atoms in total. The van der Waals surface area contributed by atoms with Crippen LogP contribution in [0, 0.1) is 0 Å². The first-order chi connectivity index (χ1) is 9.78. The first kappa shape index (κ1) is 17.1. The summed E-state index contributed by atoms with van der Waals surface area (Å²) in [5.41, 5.74) is 5.83. The van der Waals surface area contributed by atoms with Crippen LogP contribution in [0.15, 0.2) is 12.1 Å². The predicted molar refractivity (Wildman–Crippen MR) is 79.9 cm³/mol. The van der Waals surface area contributed by atoms with E-state index in [2.05, 4.69) is 0 Å². The van der Waals surface area contributed by atoms with Crippen molar-refractivity contribution in [2.45, 2.75) is 26.4 Å². The Morgan fingerprint density at radius 3 is 2.33 bits per heavy atom. The summed E-state index contributed by atoms with van der Waals surface area (Å²) in [5, 5.41) is 0. The smallest absolute Gasteiger partial charge is 0.340 e. The summed E-state index contributed by atoms with van der Waals surface area (Å²) in [5.74, 6) is 0.377. The number of carbonyl (C=O) groups is 1. The van der Waals surface area contributed by atoms with Crippen molar-refractivity contribution in [2.24, 2.45) is 0 Å². The fraction of sp³-hybridized carbons (Fsp3) is 0.533. The van der Waals surface area contributed by atoms with Crippen molar-refractivity contribution in [3.05, 3.63) is 17.7 Å². The lowest BCUT2D eigenvalue weighted by Gasteiger charge is -2.20. The minimum absolute atomic E-state index is 0.251. The topological polar surface area (TPSA) is 80.0 Å². The van der Waals surface area contributed by atoms with Crippen LogP contribution in [-0.4, -0.2) is 39.0 Å². The average molecular weight is 297 g/mol. The minimum atomic E-state index is -0.593. The largest absolute Gasteiger partial charge is 0.493 e. The summed E-state index contributed by atoms with van der Waals surface area (Å²) in [6.45, 7) is 6.18. The van der Waals surface area contributed by atoms with Crippen LogP contribution in [0.2, 0.25) is 0 Å². The summed E-state index contributed by atoms with van der Waals surface area (Å²) in [4.78, 5) is 12.1. The number of anilines is 1. The second-order valence-electron chi connectivity index (χ2n) is 5.43. The highest BCUT2D eigenvalue weighted by Gasteiger charge is 2.22. The lowest BCUT2D eigenvalue weighted by molar-refractivity contribution is 0.00704. The second kappa shape index (κ2) is 7.17.